The van der Waals surface area contributed by atoms with Crippen molar-refractivity contribution in [1.29, 1.82) is 0 Å². The third-order valence-electron chi connectivity index (χ3n) is 3.20. The van der Waals surface area contributed by atoms with Crippen LogP contribution in [0.5, 0.6) is 0 Å². The second-order valence-corrected chi connectivity index (χ2v) is 5.08. The van der Waals surface area contributed by atoms with E-state index in [0.717, 1.165) is 5.56 Å². The highest BCUT2D eigenvalue weighted by molar-refractivity contribution is 6.31. The van der Waals surface area contributed by atoms with Crippen molar-refractivity contribution in [1.82, 2.24) is 0 Å². The van der Waals surface area contributed by atoms with Crippen LogP contribution in [0.15, 0.2) is 48.5 Å². The van der Waals surface area contributed by atoms with Crippen molar-refractivity contribution >= 4 is 28.9 Å². The number of halogens is 1. The van der Waals surface area contributed by atoms with Crippen LogP contribution in [-0.4, -0.2) is 13.0 Å². The van der Waals surface area contributed by atoms with Gasteiger partial charge in [0.1, 0.15) is 0 Å². The van der Waals surface area contributed by atoms with E-state index in [-0.39, 0.29) is 5.91 Å². The second kappa shape index (κ2) is 6.44. The Morgan fingerprint density at radius 3 is 2.60 bits per heavy atom. The summed E-state index contributed by atoms with van der Waals surface area (Å²) in [4.78, 5) is 13.8. The standard InChI is InChI=1S/C16H17ClN2O/c1-19(15-11-13(17)8-9-14(15)18)16(20)10-7-12-5-3-2-4-6-12/h2-6,8-9,11H,7,10,18H2,1H3. The van der Waals surface area contributed by atoms with E-state index in [1.807, 2.05) is 30.3 Å². The maximum atomic E-state index is 12.2. The summed E-state index contributed by atoms with van der Waals surface area (Å²) >= 11 is 5.95. The molecule has 0 fully saturated rings. The quantitative estimate of drug-likeness (QED) is 0.875. The van der Waals surface area contributed by atoms with Crippen LogP contribution in [0.1, 0.15) is 12.0 Å². The molecular weight excluding hydrogens is 272 g/mol. The molecule has 2 aromatic carbocycles. The number of carbonyl (C=O) groups excluding carboxylic acids is 1. The molecule has 104 valence electrons. The van der Waals surface area contributed by atoms with Crippen LogP contribution in [0.4, 0.5) is 11.4 Å². The third kappa shape index (κ3) is 3.52. The zero-order valence-corrected chi connectivity index (χ0v) is 12.1. The Hall–Kier alpha value is -2.00. The van der Waals surface area contributed by atoms with E-state index < -0.39 is 0 Å². The lowest BCUT2D eigenvalue weighted by atomic mass is 10.1. The van der Waals surface area contributed by atoms with Gasteiger partial charge >= 0.3 is 0 Å². The molecule has 0 aliphatic heterocycles. The maximum Gasteiger partial charge on any atom is 0.227 e. The number of rotatable bonds is 4. The van der Waals surface area contributed by atoms with Gasteiger partial charge in [0.2, 0.25) is 5.91 Å². The molecule has 0 aliphatic rings. The number of nitrogens with zero attached hydrogens (tertiary/aromatic N) is 1. The SMILES string of the molecule is CN(C(=O)CCc1ccccc1)c1cc(Cl)ccc1N. The van der Waals surface area contributed by atoms with Gasteiger partial charge in [-0.2, -0.15) is 0 Å². The van der Waals surface area contributed by atoms with Gasteiger partial charge in [-0.15, -0.1) is 0 Å². The Kier molecular flexibility index (Phi) is 4.64. The van der Waals surface area contributed by atoms with E-state index in [4.69, 9.17) is 17.3 Å². The van der Waals surface area contributed by atoms with Crippen LogP contribution >= 0.6 is 11.6 Å². The first-order chi connectivity index (χ1) is 9.58. The molecule has 0 bridgehead atoms. The Bertz CT molecular complexity index is 599. The van der Waals surface area contributed by atoms with Crippen LogP contribution in [0.2, 0.25) is 5.02 Å². The highest BCUT2D eigenvalue weighted by Gasteiger charge is 2.13. The molecule has 0 aliphatic carbocycles. The summed E-state index contributed by atoms with van der Waals surface area (Å²) in [7, 11) is 1.72. The fourth-order valence-corrected chi connectivity index (χ4v) is 2.17. The van der Waals surface area contributed by atoms with Crippen molar-refractivity contribution in [3.8, 4) is 0 Å². The van der Waals surface area contributed by atoms with Crippen LogP contribution in [0.25, 0.3) is 0 Å². The molecule has 0 unspecified atom stereocenters. The molecule has 2 aromatic rings. The molecule has 0 aromatic heterocycles. The number of hydrogen-bond acceptors (Lipinski definition) is 2. The van der Waals surface area contributed by atoms with Crippen molar-refractivity contribution in [2.75, 3.05) is 17.7 Å². The van der Waals surface area contributed by atoms with Crippen molar-refractivity contribution < 1.29 is 4.79 Å². The lowest BCUT2D eigenvalue weighted by Gasteiger charge is -2.19. The number of hydrogen-bond donors (Lipinski definition) is 1. The van der Waals surface area contributed by atoms with Gasteiger partial charge in [-0.05, 0) is 30.2 Å². The normalized spacial score (nSPS) is 10.3. The highest BCUT2D eigenvalue weighted by Crippen LogP contribution is 2.26. The summed E-state index contributed by atoms with van der Waals surface area (Å²) in [6.45, 7) is 0. The molecule has 2 N–H and O–H groups in total. The fourth-order valence-electron chi connectivity index (χ4n) is 2.01. The van der Waals surface area contributed by atoms with Gasteiger partial charge in [-0.3, -0.25) is 4.79 Å². The number of benzene rings is 2. The Morgan fingerprint density at radius 2 is 1.90 bits per heavy atom. The molecular formula is C16H17ClN2O. The fraction of sp³-hybridized carbons (Fsp3) is 0.188. The zero-order chi connectivity index (χ0) is 14.5. The largest absolute Gasteiger partial charge is 0.397 e. The number of carbonyl (C=O) groups is 1. The molecule has 4 heteroatoms. The van der Waals surface area contributed by atoms with Gasteiger partial charge in [0.25, 0.3) is 0 Å². The van der Waals surface area contributed by atoms with Crippen LogP contribution in [-0.2, 0) is 11.2 Å². The molecule has 0 heterocycles. The molecule has 20 heavy (non-hydrogen) atoms. The van der Waals surface area contributed by atoms with E-state index in [1.54, 1.807) is 30.1 Å². The lowest BCUT2D eigenvalue weighted by Crippen LogP contribution is -2.27. The first kappa shape index (κ1) is 14.4. The first-order valence-electron chi connectivity index (χ1n) is 6.43. The molecule has 2 rings (SSSR count). The monoisotopic (exact) mass is 288 g/mol. The number of nitrogen functional groups attached to an aromatic ring is 1. The first-order valence-corrected chi connectivity index (χ1v) is 6.81. The molecule has 1 amide bonds. The van der Waals surface area contributed by atoms with E-state index >= 15 is 0 Å². The molecule has 3 nitrogen and oxygen atoms in total. The smallest absolute Gasteiger partial charge is 0.227 e. The molecule has 0 saturated heterocycles. The summed E-state index contributed by atoms with van der Waals surface area (Å²) in [5.74, 6) is 0.0165. The average molecular weight is 289 g/mol. The van der Waals surface area contributed by atoms with Crippen molar-refractivity contribution in [3.63, 3.8) is 0 Å². The second-order valence-electron chi connectivity index (χ2n) is 4.64. The van der Waals surface area contributed by atoms with E-state index in [1.165, 1.54) is 0 Å². The minimum Gasteiger partial charge on any atom is -0.397 e. The third-order valence-corrected chi connectivity index (χ3v) is 3.43. The van der Waals surface area contributed by atoms with Crippen LogP contribution in [0, 0.1) is 0 Å². The molecule has 0 saturated carbocycles. The van der Waals surface area contributed by atoms with Gasteiger partial charge < -0.3 is 10.6 Å². The number of anilines is 2. The predicted molar refractivity (Wildman–Crippen MR) is 84.0 cm³/mol. The highest BCUT2D eigenvalue weighted by atomic mass is 35.5. The zero-order valence-electron chi connectivity index (χ0n) is 11.3. The Morgan fingerprint density at radius 1 is 1.20 bits per heavy atom. The average Bonchev–Trinajstić information content (AvgIpc) is 2.47. The van der Waals surface area contributed by atoms with Gasteiger partial charge in [0, 0.05) is 18.5 Å². The van der Waals surface area contributed by atoms with Gasteiger partial charge in [-0.25, -0.2) is 0 Å². The van der Waals surface area contributed by atoms with E-state index in [2.05, 4.69) is 0 Å². The summed E-state index contributed by atoms with van der Waals surface area (Å²) in [6.07, 6.45) is 1.15. The summed E-state index contributed by atoms with van der Waals surface area (Å²) in [6, 6.07) is 15.1. The van der Waals surface area contributed by atoms with Crippen LogP contribution < -0.4 is 10.6 Å². The molecule has 0 atom stereocenters. The predicted octanol–water partition coefficient (Wildman–Crippen LogP) is 3.52. The molecule has 0 spiro atoms. The summed E-state index contributed by atoms with van der Waals surface area (Å²) in [5, 5.41) is 0.567. The van der Waals surface area contributed by atoms with Crippen LogP contribution in [0.3, 0.4) is 0 Å². The minimum atomic E-state index is 0.0165. The summed E-state index contributed by atoms with van der Waals surface area (Å²) in [5.41, 5.74) is 8.22. The van der Waals surface area contributed by atoms with E-state index in [0.29, 0.717) is 29.2 Å². The van der Waals surface area contributed by atoms with E-state index in [9.17, 15) is 4.79 Å². The van der Waals surface area contributed by atoms with Crippen molar-refractivity contribution in [2.45, 2.75) is 12.8 Å². The van der Waals surface area contributed by atoms with Gasteiger partial charge in [-0.1, -0.05) is 41.9 Å². The number of aryl methyl sites for hydroxylation is 1. The maximum absolute atomic E-state index is 12.2. The van der Waals surface area contributed by atoms with Gasteiger partial charge in [0.15, 0.2) is 0 Å². The Balaban J connectivity index is 2.03. The number of amides is 1. The van der Waals surface area contributed by atoms with Crippen molar-refractivity contribution in [3.05, 3.63) is 59.1 Å². The minimum absolute atomic E-state index is 0.0165. The molecule has 0 radical (unpaired) electrons. The lowest BCUT2D eigenvalue weighted by molar-refractivity contribution is -0.118. The topological polar surface area (TPSA) is 46.3 Å². The van der Waals surface area contributed by atoms with Gasteiger partial charge in [0.05, 0.1) is 11.4 Å². The Labute approximate surface area is 124 Å². The number of nitrogens with two attached hydrogens (primary N) is 1. The summed E-state index contributed by atoms with van der Waals surface area (Å²) < 4.78 is 0. The van der Waals surface area contributed by atoms with Crippen molar-refractivity contribution in [2.24, 2.45) is 0 Å².